The summed E-state index contributed by atoms with van der Waals surface area (Å²) in [6, 6.07) is 11.5. The van der Waals surface area contributed by atoms with Crippen molar-refractivity contribution in [3.63, 3.8) is 0 Å². The van der Waals surface area contributed by atoms with Crippen LogP contribution in [0.2, 0.25) is 5.02 Å². The lowest BCUT2D eigenvalue weighted by Gasteiger charge is -2.20. The van der Waals surface area contributed by atoms with Crippen LogP contribution in [0, 0.1) is 17.5 Å². The van der Waals surface area contributed by atoms with E-state index < -0.39 is 34.9 Å². The van der Waals surface area contributed by atoms with Crippen LogP contribution in [0.1, 0.15) is 42.7 Å². The Morgan fingerprint density at radius 2 is 1.39 bits per heavy atom. The summed E-state index contributed by atoms with van der Waals surface area (Å²) in [7, 11) is 0. The molecule has 0 saturated heterocycles. The van der Waals surface area contributed by atoms with Crippen LogP contribution in [-0.2, 0) is 6.11 Å². The Morgan fingerprint density at radius 3 is 1.97 bits per heavy atom. The molecule has 162 valence electrons. The molecule has 4 rings (SSSR count). The van der Waals surface area contributed by atoms with Gasteiger partial charge in [0.15, 0.2) is 0 Å². The molecular formula is C24H18ClF5O. The summed E-state index contributed by atoms with van der Waals surface area (Å²) >= 11 is 5.50. The van der Waals surface area contributed by atoms with Crippen molar-refractivity contribution in [2.24, 2.45) is 0 Å². The minimum atomic E-state index is -4.36. The fraction of sp³-hybridized carbons (Fsp3) is 0.250. The molecule has 3 aromatic rings. The van der Waals surface area contributed by atoms with Gasteiger partial charge in [0.2, 0.25) is 0 Å². The van der Waals surface area contributed by atoms with Crippen LogP contribution >= 0.6 is 11.6 Å². The van der Waals surface area contributed by atoms with Crippen LogP contribution in [0.5, 0.6) is 5.75 Å². The van der Waals surface area contributed by atoms with Gasteiger partial charge in [-0.25, -0.2) is 13.2 Å². The van der Waals surface area contributed by atoms with Gasteiger partial charge in [0, 0.05) is 6.07 Å². The molecule has 1 aliphatic rings. The Morgan fingerprint density at radius 1 is 0.774 bits per heavy atom. The van der Waals surface area contributed by atoms with Crippen LogP contribution in [0.25, 0.3) is 11.1 Å². The molecule has 0 spiro atoms. The van der Waals surface area contributed by atoms with E-state index in [4.69, 9.17) is 11.6 Å². The molecule has 7 heteroatoms. The summed E-state index contributed by atoms with van der Waals surface area (Å²) in [4.78, 5) is 0. The van der Waals surface area contributed by atoms with Crippen LogP contribution in [0.15, 0.2) is 54.6 Å². The summed E-state index contributed by atoms with van der Waals surface area (Å²) in [6.45, 7) is 0. The van der Waals surface area contributed by atoms with Crippen molar-refractivity contribution in [2.45, 2.75) is 37.7 Å². The number of rotatable bonds is 5. The molecule has 0 radical (unpaired) electrons. The highest BCUT2D eigenvalue weighted by Crippen LogP contribution is 2.38. The molecule has 0 N–H and O–H groups in total. The lowest BCUT2D eigenvalue weighted by Crippen LogP contribution is -2.25. The van der Waals surface area contributed by atoms with Crippen molar-refractivity contribution in [3.05, 3.63) is 88.2 Å². The lowest BCUT2D eigenvalue weighted by molar-refractivity contribution is -0.189. The first-order chi connectivity index (χ1) is 14.7. The Bertz CT molecular complexity index is 1070. The number of hydrogen-bond donors (Lipinski definition) is 0. The van der Waals surface area contributed by atoms with Gasteiger partial charge >= 0.3 is 6.11 Å². The van der Waals surface area contributed by atoms with Gasteiger partial charge in [-0.3, -0.25) is 0 Å². The zero-order valence-corrected chi connectivity index (χ0v) is 17.0. The molecule has 0 atom stereocenters. The van der Waals surface area contributed by atoms with E-state index in [1.165, 1.54) is 12.8 Å². The van der Waals surface area contributed by atoms with Crippen molar-refractivity contribution >= 4 is 11.6 Å². The molecule has 1 aliphatic carbocycles. The van der Waals surface area contributed by atoms with Crippen molar-refractivity contribution in [3.8, 4) is 16.9 Å². The van der Waals surface area contributed by atoms with E-state index in [1.54, 1.807) is 12.1 Å². The quantitative estimate of drug-likeness (QED) is 0.354. The van der Waals surface area contributed by atoms with Gasteiger partial charge in [-0.1, -0.05) is 48.7 Å². The number of alkyl halides is 2. The second kappa shape index (κ2) is 8.50. The van der Waals surface area contributed by atoms with E-state index in [9.17, 15) is 22.0 Å². The van der Waals surface area contributed by atoms with E-state index in [0.717, 1.165) is 42.7 Å². The largest absolute Gasteiger partial charge is 0.432 e. The van der Waals surface area contributed by atoms with E-state index in [1.807, 2.05) is 12.1 Å². The smallest absolute Gasteiger partial charge is 0.429 e. The van der Waals surface area contributed by atoms with Gasteiger partial charge in [-0.15, -0.1) is 0 Å². The maximum absolute atomic E-state index is 14.6. The molecular weight excluding hydrogens is 435 g/mol. The first-order valence-electron chi connectivity index (χ1n) is 9.86. The number of hydrogen-bond acceptors (Lipinski definition) is 1. The van der Waals surface area contributed by atoms with Gasteiger partial charge in [0.25, 0.3) is 0 Å². The second-order valence-electron chi connectivity index (χ2n) is 7.61. The summed E-state index contributed by atoms with van der Waals surface area (Å²) in [6.07, 6.45) is 0.236. The fourth-order valence-electron chi connectivity index (χ4n) is 3.96. The predicted molar refractivity (Wildman–Crippen MR) is 109 cm³/mol. The van der Waals surface area contributed by atoms with Gasteiger partial charge in [-0.2, -0.15) is 8.78 Å². The maximum Gasteiger partial charge on any atom is 0.432 e. The van der Waals surface area contributed by atoms with Gasteiger partial charge in [0.1, 0.15) is 28.8 Å². The molecule has 0 bridgehead atoms. The monoisotopic (exact) mass is 452 g/mol. The minimum absolute atomic E-state index is 0.130. The highest BCUT2D eigenvalue weighted by Gasteiger charge is 2.41. The molecule has 3 aromatic carbocycles. The maximum atomic E-state index is 14.6. The first-order valence-corrected chi connectivity index (χ1v) is 10.2. The zero-order valence-electron chi connectivity index (χ0n) is 16.3. The molecule has 1 fully saturated rings. The van der Waals surface area contributed by atoms with Crippen LogP contribution in [0.3, 0.4) is 0 Å². The molecule has 31 heavy (non-hydrogen) atoms. The second-order valence-corrected chi connectivity index (χ2v) is 8.02. The number of benzene rings is 3. The molecule has 0 amide bonds. The predicted octanol–water partition coefficient (Wildman–Crippen LogP) is 8.21. The number of halogens is 6. The summed E-state index contributed by atoms with van der Waals surface area (Å²) in [5.41, 5.74) is 0.253. The fourth-order valence-corrected chi connectivity index (χ4v) is 4.08. The molecule has 0 aliphatic heterocycles. The lowest BCUT2D eigenvalue weighted by atomic mass is 9.94. The van der Waals surface area contributed by atoms with Crippen LogP contribution < -0.4 is 4.74 Å². The molecule has 0 aromatic heterocycles. The third-order valence-electron chi connectivity index (χ3n) is 5.54. The van der Waals surface area contributed by atoms with Crippen molar-refractivity contribution in [1.29, 1.82) is 0 Å². The SMILES string of the molecule is Fc1cc(OC(F)(F)c2c(F)cc(-c3ccc(C4CCCC4)cc3)cc2F)ccc1Cl. The summed E-state index contributed by atoms with van der Waals surface area (Å²) in [5.74, 6) is -4.05. The topological polar surface area (TPSA) is 9.23 Å². The van der Waals surface area contributed by atoms with Crippen LogP contribution in [0.4, 0.5) is 22.0 Å². The van der Waals surface area contributed by atoms with Gasteiger partial charge in [-0.05, 0) is 59.7 Å². The Hall–Kier alpha value is -2.60. The Kier molecular flexibility index (Phi) is 5.93. The standard InChI is InChI=1S/C24H18ClF5O/c25-19-10-9-18(13-20(19)26)31-24(29,30)23-21(27)11-17(12-22(23)28)16-7-5-15(6-8-16)14-3-1-2-4-14/h5-14H,1-4H2. The first kappa shape index (κ1) is 21.6. The molecule has 1 nitrogen and oxygen atoms in total. The minimum Gasteiger partial charge on any atom is -0.429 e. The zero-order chi connectivity index (χ0) is 22.2. The average Bonchev–Trinajstić information content (AvgIpc) is 3.25. The third kappa shape index (κ3) is 4.54. The molecule has 0 unspecified atom stereocenters. The van der Waals surface area contributed by atoms with E-state index in [-0.39, 0.29) is 10.6 Å². The number of ether oxygens (including phenoxy) is 1. The normalized spacial score (nSPS) is 14.8. The van der Waals surface area contributed by atoms with E-state index in [0.29, 0.717) is 17.5 Å². The van der Waals surface area contributed by atoms with E-state index in [2.05, 4.69) is 4.74 Å². The van der Waals surface area contributed by atoms with Gasteiger partial charge < -0.3 is 4.74 Å². The highest BCUT2D eigenvalue weighted by atomic mass is 35.5. The van der Waals surface area contributed by atoms with E-state index >= 15 is 0 Å². The van der Waals surface area contributed by atoms with Gasteiger partial charge in [0.05, 0.1) is 5.02 Å². The Labute approximate surface area is 181 Å². The van der Waals surface area contributed by atoms with Crippen molar-refractivity contribution in [1.82, 2.24) is 0 Å². The van der Waals surface area contributed by atoms with Crippen molar-refractivity contribution < 1.29 is 26.7 Å². The molecule has 0 heterocycles. The van der Waals surface area contributed by atoms with Crippen molar-refractivity contribution in [2.75, 3.05) is 0 Å². The molecule has 1 saturated carbocycles. The third-order valence-corrected chi connectivity index (χ3v) is 5.85. The average molecular weight is 453 g/mol. The highest BCUT2D eigenvalue weighted by molar-refractivity contribution is 6.30. The summed E-state index contributed by atoms with van der Waals surface area (Å²) in [5, 5.41) is -0.295. The summed E-state index contributed by atoms with van der Waals surface area (Å²) < 4.78 is 76.0. The Balaban J connectivity index is 1.61. The van der Waals surface area contributed by atoms with Crippen LogP contribution in [-0.4, -0.2) is 0 Å².